The molecule has 1 N–H and O–H groups in total. The van der Waals surface area contributed by atoms with Crippen molar-refractivity contribution in [2.75, 3.05) is 14.2 Å². The molecule has 0 atom stereocenters. The summed E-state index contributed by atoms with van der Waals surface area (Å²) in [5, 5.41) is 12.0. The predicted octanol–water partition coefficient (Wildman–Crippen LogP) is 3.89. The van der Waals surface area contributed by atoms with Crippen LogP contribution in [0.2, 0.25) is 0 Å². The Morgan fingerprint density at radius 1 is 1.05 bits per heavy atom. The zero-order valence-electron chi connectivity index (χ0n) is 11.6. The molecule has 112 valence electrons. The van der Waals surface area contributed by atoms with Gasteiger partial charge in [-0.1, -0.05) is 22.7 Å². The molecule has 8 heteroatoms. The normalized spacial score (nSPS) is 11.4. The highest BCUT2D eigenvalue weighted by atomic mass is 32.1. The first kappa shape index (κ1) is 13.4. The van der Waals surface area contributed by atoms with E-state index in [0.29, 0.717) is 32.7 Å². The number of nitrogens with zero attached hydrogens (tertiary/aromatic N) is 2. The zero-order chi connectivity index (χ0) is 15.3. The summed E-state index contributed by atoms with van der Waals surface area (Å²) < 4.78 is 16.0. The van der Waals surface area contributed by atoms with E-state index in [1.807, 2.05) is 0 Å². The number of furan rings is 1. The van der Waals surface area contributed by atoms with Crippen LogP contribution in [0.5, 0.6) is 16.7 Å². The Bertz CT molecular complexity index is 954. The van der Waals surface area contributed by atoms with Gasteiger partial charge in [-0.15, -0.1) is 0 Å². The van der Waals surface area contributed by atoms with E-state index >= 15 is 0 Å². The van der Waals surface area contributed by atoms with Crippen LogP contribution in [0.4, 0.5) is 0 Å². The smallest absolute Gasteiger partial charge is 0.276 e. The number of thiazole rings is 2. The summed E-state index contributed by atoms with van der Waals surface area (Å²) in [4.78, 5) is 10.4. The Hall–Kier alpha value is -2.32. The van der Waals surface area contributed by atoms with E-state index in [4.69, 9.17) is 13.9 Å². The van der Waals surface area contributed by atoms with Crippen LogP contribution in [-0.2, 0) is 0 Å². The number of phenolic OH excluding ortho intramolecular Hbond substituents is 1. The number of fused-ring (bicyclic) bond motifs is 2. The van der Waals surface area contributed by atoms with Gasteiger partial charge < -0.3 is 19.0 Å². The first-order chi connectivity index (χ1) is 10.7. The summed E-state index contributed by atoms with van der Waals surface area (Å²) in [6, 6.07) is 5.05. The lowest BCUT2D eigenvalue weighted by atomic mass is 10.2. The van der Waals surface area contributed by atoms with Gasteiger partial charge in [0.05, 0.1) is 19.6 Å². The Morgan fingerprint density at radius 2 is 1.86 bits per heavy atom. The molecule has 0 aliphatic heterocycles. The van der Waals surface area contributed by atoms with Gasteiger partial charge in [-0.2, -0.15) is 4.98 Å². The maximum Gasteiger partial charge on any atom is 0.276 e. The third-order valence-electron chi connectivity index (χ3n) is 3.17. The molecule has 3 heterocycles. The third kappa shape index (κ3) is 1.99. The molecule has 6 nitrogen and oxygen atoms in total. The Kier molecular flexibility index (Phi) is 2.95. The molecule has 0 amide bonds. The number of ether oxygens (including phenoxy) is 2. The van der Waals surface area contributed by atoms with Gasteiger partial charge in [-0.25, -0.2) is 4.98 Å². The van der Waals surface area contributed by atoms with Crippen LogP contribution in [0.15, 0.2) is 22.6 Å². The number of benzene rings is 1. The van der Waals surface area contributed by atoms with Crippen LogP contribution in [-0.4, -0.2) is 29.3 Å². The standard InChI is InChI=1S/C14H10N2O4S2/c1-18-6-3-8(17)7-5-10(20-9(7)4-6)11-15-12-13(21-11)16-14(19-2)22-12/h3-5,17H,1-2H3. The molecule has 4 aromatic rings. The number of aromatic hydroxyl groups is 1. The number of hydrogen-bond acceptors (Lipinski definition) is 8. The first-order valence-electron chi connectivity index (χ1n) is 6.30. The van der Waals surface area contributed by atoms with Crippen LogP contribution in [0.3, 0.4) is 0 Å². The molecule has 0 saturated heterocycles. The summed E-state index contributed by atoms with van der Waals surface area (Å²) in [6.07, 6.45) is 0. The Balaban J connectivity index is 1.84. The second kappa shape index (κ2) is 4.85. The van der Waals surface area contributed by atoms with Crippen molar-refractivity contribution in [1.29, 1.82) is 0 Å². The molecule has 0 unspecified atom stereocenters. The minimum absolute atomic E-state index is 0.113. The van der Waals surface area contributed by atoms with E-state index < -0.39 is 0 Å². The molecular formula is C14H10N2O4S2. The molecule has 22 heavy (non-hydrogen) atoms. The molecule has 0 aliphatic carbocycles. The van der Waals surface area contributed by atoms with Crippen LogP contribution in [0, 0.1) is 0 Å². The zero-order valence-corrected chi connectivity index (χ0v) is 13.2. The van der Waals surface area contributed by atoms with Crippen molar-refractivity contribution in [3.8, 4) is 27.5 Å². The Labute approximate surface area is 132 Å². The van der Waals surface area contributed by atoms with E-state index in [1.165, 1.54) is 22.7 Å². The number of methoxy groups -OCH3 is 2. The van der Waals surface area contributed by atoms with Crippen molar-refractivity contribution in [2.24, 2.45) is 0 Å². The van der Waals surface area contributed by atoms with Crippen LogP contribution in [0.25, 0.3) is 31.4 Å². The monoisotopic (exact) mass is 334 g/mol. The average molecular weight is 334 g/mol. The maximum absolute atomic E-state index is 10.0. The van der Waals surface area contributed by atoms with E-state index in [0.717, 1.165) is 9.66 Å². The van der Waals surface area contributed by atoms with Crippen molar-refractivity contribution < 1.29 is 19.0 Å². The fourth-order valence-corrected chi connectivity index (χ4v) is 3.94. The van der Waals surface area contributed by atoms with Gasteiger partial charge >= 0.3 is 0 Å². The minimum Gasteiger partial charge on any atom is -0.507 e. The molecule has 3 aromatic heterocycles. The maximum atomic E-state index is 10.0. The quantitative estimate of drug-likeness (QED) is 0.612. The summed E-state index contributed by atoms with van der Waals surface area (Å²) >= 11 is 2.80. The van der Waals surface area contributed by atoms with Crippen molar-refractivity contribution >= 4 is 43.3 Å². The van der Waals surface area contributed by atoms with Crippen LogP contribution >= 0.6 is 22.7 Å². The highest BCUT2D eigenvalue weighted by Crippen LogP contribution is 2.40. The summed E-state index contributed by atoms with van der Waals surface area (Å²) in [5.41, 5.74) is 0.552. The van der Waals surface area contributed by atoms with Crippen molar-refractivity contribution in [2.45, 2.75) is 0 Å². The summed E-state index contributed by atoms with van der Waals surface area (Å²) in [5.74, 6) is 1.24. The largest absolute Gasteiger partial charge is 0.507 e. The molecule has 4 rings (SSSR count). The van der Waals surface area contributed by atoms with Gasteiger partial charge in [0.1, 0.15) is 17.1 Å². The van der Waals surface area contributed by atoms with Gasteiger partial charge in [0.25, 0.3) is 5.19 Å². The fourth-order valence-electron chi connectivity index (χ4n) is 2.14. The lowest BCUT2D eigenvalue weighted by Crippen LogP contribution is -1.81. The van der Waals surface area contributed by atoms with E-state index in [1.54, 1.807) is 32.4 Å². The van der Waals surface area contributed by atoms with Crippen LogP contribution in [0.1, 0.15) is 0 Å². The second-order valence-corrected chi connectivity index (χ2v) is 6.40. The van der Waals surface area contributed by atoms with Crippen molar-refractivity contribution in [1.82, 2.24) is 9.97 Å². The van der Waals surface area contributed by atoms with Crippen molar-refractivity contribution in [3.63, 3.8) is 0 Å². The summed E-state index contributed by atoms with van der Waals surface area (Å²) in [7, 11) is 3.12. The topological polar surface area (TPSA) is 77.6 Å². The van der Waals surface area contributed by atoms with E-state index in [9.17, 15) is 5.11 Å². The van der Waals surface area contributed by atoms with Gasteiger partial charge in [-0.3, -0.25) is 0 Å². The van der Waals surface area contributed by atoms with Gasteiger partial charge in [0, 0.05) is 12.1 Å². The molecule has 0 spiro atoms. The molecule has 0 saturated carbocycles. The fraction of sp³-hybridized carbons (Fsp3) is 0.143. The van der Waals surface area contributed by atoms with Crippen LogP contribution < -0.4 is 9.47 Å². The second-order valence-electron chi connectivity index (χ2n) is 4.48. The number of aromatic nitrogens is 2. The van der Waals surface area contributed by atoms with Gasteiger partial charge in [0.15, 0.2) is 20.4 Å². The van der Waals surface area contributed by atoms with E-state index in [2.05, 4.69) is 9.97 Å². The Morgan fingerprint density at radius 3 is 2.59 bits per heavy atom. The number of phenols is 1. The number of rotatable bonds is 3. The molecule has 0 bridgehead atoms. The summed E-state index contributed by atoms with van der Waals surface area (Å²) in [6.45, 7) is 0. The SMILES string of the molecule is COc1cc(O)c2cc(-c3nc4sc(OC)nc4s3)oc2c1. The molecule has 1 aromatic carbocycles. The molecular weight excluding hydrogens is 324 g/mol. The highest BCUT2D eigenvalue weighted by molar-refractivity contribution is 7.28. The predicted molar refractivity (Wildman–Crippen MR) is 85.3 cm³/mol. The average Bonchev–Trinajstić information content (AvgIpc) is 3.18. The lowest BCUT2D eigenvalue weighted by molar-refractivity contribution is 0.408. The third-order valence-corrected chi connectivity index (χ3v) is 5.17. The number of hydrogen-bond donors (Lipinski definition) is 1. The van der Waals surface area contributed by atoms with Gasteiger partial charge in [-0.05, 0) is 6.07 Å². The van der Waals surface area contributed by atoms with E-state index in [-0.39, 0.29) is 5.75 Å². The lowest BCUT2D eigenvalue weighted by Gasteiger charge is -1.99. The van der Waals surface area contributed by atoms with Crippen molar-refractivity contribution in [3.05, 3.63) is 18.2 Å². The molecule has 0 fully saturated rings. The first-order valence-corrected chi connectivity index (χ1v) is 7.93. The minimum atomic E-state index is 0.113. The molecule has 0 radical (unpaired) electrons. The highest BCUT2D eigenvalue weighted by Gasteiger charge is 2.17. The van der Waals surface area contributed by atoms with Gasteiger partial charge in [0.2, 0.25) is 0 Å². The molecule has 0 aliphatic rings.